The minimum atomic E-state index is 0.302. The number of aromatic nitrogens is 1. The van der Waals surface area contributed by atoms with Crippen molar-refractivity contribution in [2.24, 2.45) is 5.41 Å². The molecule has 1 N–H and O–H groups in total. The molecule has 3 nitrogen and oxygen atoms in total. The molecule has 1 aliphatic rings. The minimum absolute atomic E-state index is 0.302. The van der Waals surface area contributed by atoms with Gasteiger partial charge in [-0.1, -0.05) is 33.8 Å². The van der Waals surface area contributed by atoms with Gasteiger partial charge in [0, 0.05) is 37.9 Å². The summed E-state index contributed by atoms with van der Waals surface area (Å²) in [4.78, 5) is 7.18. The zero-order chi connectivity index (χ0) is 14.8. The molecule has 0 bridgehead atoms. The molecule has 2 rings (SSSR count). The fourth-order valence-electron chi connectivity index (χ4n) is 2.85. The van der Waals surface area contributed by atoms with E-state index in [-0.39, 0.29) is 0 Å². The third-order valence-corrected chi connectivity index (χ3v) is 4.46. The van der Waals surface area contributed by atoms with Gasteiger partial charge in [0.25, 0.3) is 0 Å². The zero-order valence-electron chi connectivity index (χ0n) is 13.6. The number of aryl methyl sites for hydroxylation is 1. The van der Waals surface area contributed by atoms with Gasteiger partial charge in [0.2, 0.25) is 0 Å². The van der Waals surface area contributed by atoms with E-state index in [1.807, 2.05) is 12.3 Å². The Morgan fingerprint density at radius 3 is 2.80 bits per heavy atom. The van der Waals surface area contributed by atoms with E-state index in [0.29, 0.717) is 17.5 Å². The molecule has 3 heteroatoms. The fraction of sp³-hybridized carbons (Fsp3) is 0.706. The first-order valence-corrected chi connectivity index (χ1v) is 7.82. The molecule has 0 aromatic carbocycles. The Morgan fingerprint density at radius 1 is 1.40 bits per heavy atom. The van der Waals surface area contributed by atoms with Crippen LogP contribution in [0.1, 0.15) is 45.9 Å². The van der Waals surface area contributed by atoms with Crippen molar-refractivity contribution in [2.75, 3.05) is 13.1 Å². The Morgan fingerprint density at radius 2 is 2.15 bits per heavy atom. The van der Waals surface area contributed by atoms with Crippen LogP contribution in [0.5, 0.6) is 0 Å². The molecule has 0 amide bonds. The molecule has 20 heavy (non-hydrogen) atoms. The van der Waals surface area contributed by atoms with E-state index in [4.69, 9.17) is 0 Å². The summed E-state index contributed by atoms with van der Waals surface area (Å²) in [7, 11) is 0. The first kappa shape index (κ1) is 15.5. The molecule has 1 aromatic heterocycles. The zero-order valence-corrected chi connectivity index (χ0v) is 13.6. The number of nitrogens with one attached hydrogen (secondary N) is 1. The number of rotatable bonds is 3. The highest BCUT2D eigenvalue weighted by Gasteiger charge is 2.32. The third kappa shape index (κ3) is 3.58. The van der Waals surface area contributed by atoms with Gasteiger partial charge in [0.15, 0.2) is 0 Å². The topological polar surface area (TPSA) is 28.2 Å². The van der Waals surface area contributed by atoms with E-state index in [9.17, 15) is 0 Å². The normalized spacial score (nSPS) is 24.9. The van der Waals surface area contributed by atoms with Crippen LogP contribution < -0.4 is 5.32 Å². The van der Waals surface area contributed by atoms with Gasteiger partial charge in [-0.05, 0) is 30.4 Å². The second kappa shape index (κ2) is 6.23. The molecule has 1 aliphatic heterocycles. The van der Waals surface area contributed by atoms with Gasteiger partial charge in [0.05, 0.1) is 5.69 Å². The van der Waals surface area contributed by atoms with Crippen molar-refractivity contribution in [3.8, 4) is 0 Å². The molecule has 1 fully saturated rings. The van der Waals surface area contributed by atoms with Crippen LogP contribution in [0.4, 0.5) is 0 Å². The quantitative estimate of drug-likeness (QED) is 0.919. The van der Waals surface area contributed by atoms with Gasteiger partial charge in [-0.3, -0.25) is 9.88 Å². The predicted molar refractivity (Wildman–Crippen MR) is 84.7 cm³/mol. The maximum absolute atomic E-state index is 4.60. The molecule has 2 unspecified atom stereocenters. The molecule has 0 saturated carbocycles. The second-order valence-corrected chi connectivity index (χ2v) is 7.07. The van der Waals surface area contributed by atoms with Crippen LogP contribution in [0, 0.1) is 5.41 Å². The highest BCUT2D eigenvalue weighted by molar-refractivity contribution is 5.19. The third-order valence-electron chi connectivity index (χ3n) is 4.46. The lowest BCUT2D eigenvalue weighted by molar-refractivity contribution is 0.0865. The van der Waals surface area contributed by atoms with Crippen LogP contribution in [0.15, 0.2) is 18.3 Å². The number of pyridine rings is 1. The number of hydrogen-bond acceptors (Lipinski definition) is 3. The Labute approximate surface area is 123 Å². The molecule has 1 saturated heterocycles. The Hall–Kier alpha value is -0.930. The number of hydrogen-bond donors (Lipinski definition) is 1. The van der Waals surface area contributed by atoms with Crippen molar-refractivity contribution in [3.05, 3.63) is 29.6 Å². The van der Waals surface area contributed by atoms with E-state index in [1.54, 1.807) is 0 Å². The fourth-order valence-corrected chi connectivity index (χ4v) is 2.85. The average molecular weight is 275 g/mol. The largest absolute Gasteiger partial charge is 0.311 e. The maximum atomic E-state index is 4.60. The van der Waals surface area contributed by atoms with Crippen molar-refractivity contribution < 1.29 is 0 Å². The van der Waals surface area contributed by atoms with Crippen molar-refractivity contribution in [3.63, 3.8) is 0 Å². The van der Waals surface area contributed by atoms with Crippen LogP contribution in [0.2, 0.25) is 0 Å². The summed E-state index contributed by atoms with van der Waals surface area (Å²) >= 11 is 0. The van der Waals surface area contributed by atoms with E-state index >= 15 is 0 Å². The summed E-state index contributed by atoms with van der Waals surface area (Å²) in [6.45, 7) is 14.6. The lowest BCUT2D eigenvalue weighted by Crippen LogP contribution is -2.59. The van der Waals surface area contributed by atoms with Crippen molar-refractivity contribution in [1.29, 1.82) is 0 Å². The van der Waals surface area contributed by atoms with E-state index in [1.165, 1.54) is 11.3 Å². The Balaban J connectivity index is 2.10. The molecule has 1 aromatic rings. The first-order valence-electron chi connectivity index (χ1n) is 7.82. The number of nitrogens with zero attached hydrogens (tertiary/aromatic N) is 2. The first-order chi connectivity index (χ1) is 9.41. The lowest BCUT2D eigenvalue weighted by atomic mass is 9.84. The monoisotopic (exact) mass is 275 g/mol. The molecule has 2 atom stereocenters. The van der Waals surface area contributed by atoms with Crippen LogP contribution in [-0.2, 0) is 13.0 Å². The number of piperazine rings is 1. The molecular formula is C17H29N3. The minimum Gasteiger partial charge on any atom is -0.311 e. The van der Waals surface area contributed by atoms with E-state index < -0.39 is 0 Å². The summed E-state index contributed by atoms with van der Waals surface area (Å²) in [5.74, 6) is 0. The summed E-state index contributed by atoms with van der Waals surface area (Å²) in [6.07, 6.45) is 2.98. The maximum Gasteiger partial charge on any atom is 0.0575 e. The molecular weight excluding hydrogens is 246 g/mol. The highest BCUT2D eigenvalue weighted by atomic mass is 15.2. The van der Waals surface area contributed by atoms with Crippen LogP contribution in [0.25, 0.3) is 0 Å². The van der Waals surface area contributed by atoms with Gasteiger partial charge < -0.3 is 5.32 Å². The van der Waals surface area contributed by atoms with Crippen molar-refractivity contribution in [2.45, 2.75) is 59.7 Å². The summed E-state index contributed by atoms with van der Waals surface area (Å²) < 4.78 is 0. The smallest absolute Gasteiger partial charge is 0.0575 e. The lowest BCUT2D eigenvalue weighted by Gasteiger charge is -2.44. The van der Waals surface area contributed by atoms with Gasteiger partial charge >= 0.3 is 0 Å². The molecule has 112 valence electrons. The predicted octanol–water partition coefficient (Wildman–Crippen LogP) is 2.85. The van der Waals surface area contributed by atoms with E-state index in [0.717, 1.165) is 26.1 Å². The van der Waals surface area contributed by atoms with Crippen LogP contribution >= 0.6 is 0 Å². The molecule has 0 radical (unpaired) electrons. The van der Waals surface area contributed by atoms with Gasteiger partial charge in [-0.15, -0.1) is 0 Å². The standard InChI is InChI=1S/C17H29N3/c1-6-14-8-7-9-18-15(14)11-20-12-16(17(3,4)5)19-10-13(20)2/h7-9,13,16,19H,6,10-12H2,1-5H3. The average Bonchev–Trinajstić information content (AvgIpc) is 2.40. The summed E-state index contributed by atoms with van der Waals surface area (Å²) in [5, 5.41) is 3.69. The highest BCUT2D eigenvalue weighted by Crippen LogP contribution is 2.24. The molecule has 2 heterocycles. The summed E-state index contributed by atoms with van der Waals surface area (Å²) in [5.41, 5.74) is 2.93. The second-order valence-electron chi connectivity index (χ2n) is 7.07. The van der Waals surface area contributed by atoms with Gasteiger partial charge in [-0.2, -0.15) is 0 Å². The Bertz CT molecular complexity index is 436. The van der Waals surface area contributed by atoms with E-state index in [2.05, 4.69) is 55.9 Å². The molecule has 0 aliphatic carbocycles. The SMILES string of the molecule is CCc1cccnc1CN1CC(C(C)(C)C)NCC1C. The van der Waals surface area contributed by atoms with Crippen molar-refractivity contribution >= 4 is 0 Å². The van der Waals surface area contributed by atoms with Crippen LogP contribution in [0.3, 0.4) is 0 Å². The van der Waals surface area contributed by atoms with Gasteiger partial charge in [-0.25, -0.2) is 0 Å². The van der Waals surface area contributed by atoms with Crippen molar-refractivity contribution in [1.82, 2.24) is 15.2 Å². The van der Waals surface area contributed by atoms with Gasteiger partial charge in [0.1, 0.15) is 0 Å². The summed E-state index contributed by atoms with van der Waals surface area (Å²) in [6, 6.07) is 5.37. The Kier molecular flexibility index (Phi) is 4.82. The van der Waals surface area contributed by atoms with Crippen LogP contribution in [-0.4, -0.2) is 35.1 Å². The molecule has 0 spiro atoms.